The van der Waals surface area contributed by atoms with Gasteiger partial charge in [-0.3, -0.25) is 0 Å². The Bertz CT molecular complexity index is 325. The van der Waals surface area contributed by atoms with Crippen LogP contribution in [0.5, 0.6) is 0 Å². The molecule has 1 aliphatic rings. The van der Waals surface area contributed by atoms with Gasteiger partial charge in [0.1, 0.15) is 0 Å². The molecule has 1 aliphatic heterocycles. The fourth-order valence-electron chi connectivity index (χ4n) is 1.81. The van der Waals surface area contributed by atoms with Crippen molar-refractivity contribution in [2.24, 2.45) is 5.73 Å². The van der Waals surface area contributed by atoms with Gasteiger partial charge in [0.2, 0.25) is 0 Å². The minimum absolute atomic E-state index is 0.155. The number of anilines is 1. The second-order valence-electron chi connectivity index (χ2n) is 4.05. The minimum atomic E-state index is -0.155. The monoisotopic (exact) mass is 220 g/mol. The number of aliphatic hydroxyl groups is 1. The van der Waals surface area contributed by atoms with E-state index in [2.05, 4.69) is 29.2 Å². The van der Waals surface area contributed by atoms with Gasteiger partial charge in [0.15, 0.2) is 0 Å². The van der Waals surface area contributed by atoms with E-state index in [1.165, 1.54) is 11.3 Å². The average molecular weight is 220 g/mol. The second kappa shape index (κ2) is 5.34. The molecule has 1 fully saturated rings. The van der Waals surface area contributed by atoms with Crippen molar-refractivity contribution in [1.82, 2.24) is 0 Å². The third-order valence-electron chi connectivity index (χ3n) is 2.82. The number of nitrogens with two attached hydrogens (primary N) is 1. The Morgan fingerprint density at radius 3 is 2.62 bits per heavy atom. The second-order valence-corrected chi connectivity index (χ2v) is 4.05. The predicted octanol–water partition coefficient (Wildman–Crippen LogP) is -0.348. The van der Waals surface area contributed by atoms with E-state index in [1.807, 2.05) is 0 Å². The largest absolute Gasteiger partial charge is 0.427 e. The summed E-state index contributed by atoms with van der Waals surface area (Å²) < 4.78 is 5.10. The summed E-state index contributed by atoms with van der Waals surface area (Å²) in [5.41, 5.74) is 7.67. The van der Waals surface area contributed by atoms with Crippen molar-refractivity contribution in [3.05, 3.63) is 29.8 Å². The van der Waals surface area contributed by atoms with Crippen LogP contribution in [0.3, 0.4) is 0 Å². The first kappa shape index (κ1) is 11.5. The standard InChI is InChI=1S/C11H17BN2O2/c13-8-16-12-5-9-1-3-10(4-2-9)14-6-11(15)7-14/h1-4,11-12,15H,5-8,13H2. The quantitative estimate of drug-likeness (QED) is 0.404. The molecule has 86 valence electrons. The third kappa shape index (κ3) is 2.75. The van der Waals surface area contributed by atoms with Crippen LogP contribution in [0.1, 0.15) is 5.56 Å². The zero-order valence-corrected chi connectivity index (χ0v) is 9.30. The molecule has 0 radical (unpaired) electrons. The predicted molar refractivity (Wildman–Crippen MR) is 65.7 cm³/mol. The molecule has 0 saturated carbocycles. The Labute approximate surface area is 96.3 Å². The van der Waals surface area contributed by atoms with Gasteiger partial charge in [-0.25, -0.2) is 0 Å². The maximum Gasteiger partial charge on any atom is 0.281 e. The molecule has 0 aromatic heterocycles. The van der Waals surface area contributed by atoms with Crippen molar-refractivity contribution < 1.29 is 9.76 Å². The van der Waals surface area contributed by atoms with Gasteiger partial charge in [-0.15, -0.1) is 0 Å². The van der Waals surface area contributed by atoms with Crippen LogP contribution >= 0.6 is 0 Å². The van der Waals surface area contributed by atoms with Gasteiger partial charge in [-0.05, 0) is 18.5 Å². The van der Waals surface area contributed by atoms with E-state index in [9.17, 15) is 5.11 Å². The number of rotatable bonds is 5. The van der Waals surface area contributed by atoms with Crippen molar-refractivity contribution in [2.45, 2.75) is 12.4 Å². The number of benzene rings is 1. The van der Waals surface area contributed by atoms with Gasteiger partial charge >= 0.3 is 0 Å². The molecule has 0 spiro atoms. The van der Waals surface area contributed by atoms with Crippen LogP contribution in [0.2, 0.25) is 0 Å². The maximum absolute atomic E-state index is 9.21. The van der Waals surface area contributed by atoms with Crippen LogP contribution < -0.4 is 10.6 Å². The van der Waals surface area contributed by atoms with Crippen molar-refractivity contribution in [3.63, 3.8) is 0 Å². The highest BCUT2D eigenvalue weighted by atomic mass is 16.4. The van der Waals surface area contributed by atoms with Gasteiger partial charge in [0, 0.05) is 18.8 Å². The van der Waals surface area contributed by atoms with Gasteiger partial charge in [0.05, 0.1) is 12.8 Å². The molecule has 5 heteroatoms. The Morgan fingerprint density at radius 1 is 1.38 bits per heavy atom. The summed E-state index contributed by atoms with van der Waals surface area (Å²) in [6.07, 6.45) is 0.734. The first-order chi connectivity index (χ1) is 7.79. The van der Waals surface area contributed by atoms with Crippen LogP contribution in [-0.2, 0) is 11.0 Å². The van der Waals surface area contributed by atoms with Crippen LogP contribution in [-0.4, -0.2) is 38.5 Å². The Kier molecular flexibility index (Phi) is 3.82. The molecule has 0 bridgehead atoms. The summed E-state index contributed by atoms with van der Waals surface area (Å²) in [6.45, 7) is 1.77. The normalized spacial score (nSPS) is 16.0. The Hall–Kier alpha value is -1.04. The number of nitrogens with zero attached hydrogens (tertiary/aromatic N) is 1. The molecule has 1 aromatic carbocycles. The van der Waals surface area contributed by atoms with E-state index >= 15 is 0 Å². The molecule has 0 unspecified atom stereocenters. The van der Waals surface area contributed by atoms with E-state index in [-0.39, 0.29) is 12.8 Å². The SMILES string of the molecule is NCOBCc1ccc(N2CC(O)C2)cc1. The molecule has 0 atom stereocenters. The molecular weight excluding hydrogens is 203 g/mol. The molecule has 1 saturated heterocycles. The molecule has 3 N–H and O–H groups in total. The van der Waals surface area contributed by atoms with Gasteiger partial charge < -0.3 is 20.4 Å². The van der Waals surface area contributed by atoms with Crippen LogP contribution in [0.15, 0.2) is 24.3 Å². The number of hydrogen-bond donors (Lipinski definition) is 2. The fraction of sp³-hybridized carbons (Fsp3) is 0.455. The highest BCUT2D eigenvalue weighted by Gasteiger charge is 2.23. The van der Waals surface area contributed by atoms with Crippen molar-refractivity contribution in [3.8, 4) is 0 Å². The Balaban J connectivity index is 1.84. The lowest BCUT2D eigenvalue weighted by molar-refractivity contribution is 0.142. The van der Waals surface area contributed by atoms with Crippen molar-refractivity contribution in [1.29, 1.82) is 0 Å². The Morgan fingerprint density at radius 2 is 2.06 bits per heavy atom. The lowest BCUT2D eigenvalue weighted by Crippen LogP contribution is -2.50. The molecule has 4 nitrogen and oxygen atoms in total. The summed E-state index contributed by atoms with van der Waals surface area (Å²) in [5, 5.41) is 9.21. The fourth-order valence-corrected chi connectivity index (χ4v) is 1.81. The zero-order chi connectivity index (χ0) is 11.4. The zero-order valence-electron chi connectivity index (χ0n) is 9.30. The lowest BCUT2D eigenvalue weighted by Gasteiger charge is -2.37. The van der Waals surface area contributed by atoms with E-state index in [4.69, 9.17) is 10.4 Å². The van der Waals surface area contributed by atoms with Crippen LogP contribution in [0.4, 0.5) is 5.69 Å². The van der Waals surface area contributed by atoms with Crippen LogP contribution in [0, 0.1) is 0 Å². The topological polar surface area (TPSA) is 58.7 Å². The summed E-state index contributed by atoms with van der Waals surface area (Å²) in [5.74, 6) is 0. The number of hydrogen-bond acceptors (Lipinski definition) is 4. The molecular formula is C11H17BN2O2. The van der Waals surface area contributed by atoms with Crippen molar-refractivity contribution in [2.75, 3.05) is 24.7 Å². The first-order valence-corrected chi connectivity index (χ1v) is 5.59. The summed E-state index contributed by atoms with van der Waals surface area (Å²) in [4.78, 5) is 2.16. The van der Waals surface area contributed by atoms with E-state index in [1.54, 1.807) is 0 Å². The molecule has 1 aromatic rings. The lowest BCUT2D eigenvalue weighted by atomic mass is 9.89. The summed E-state index contributed by atoms with van der Waals surface area (Å²) in [7, 11) is 0.665. The molecule has 2 rings (SSSR count). The minimum Gasteiger partial charge on any atom is -0.427 e. The molecule has 0 aliphatic carbocycles. The van der Waals surface area contributed by atoms with E-state index in [0.717, 1.165) is 19.4 Å². The highest BCUT2D eigenvalue weighted by molar-refractivity contribution is 6.26. The van der Waals surface area contributed by atoms with E-state index < -0.39 is 0 Å². The summed E-state index contributed by atoms with van der Waals surface area (Å²) in [6, 6.07) is 8.37. The average Bonchev–Trinajstić information content (AvgIpc) is 2.27. The van der Waals surface area contributed by atoms with Gasteiger partial charge in [-0.1, -0.05) is 17.7 Å². The van der Waals surface area contributed by atoms with Crippen molar-refractivity contribution >= 4 is 13.2 Å². The number of aliphatic hydroxyl groups excluding tert-OH is 1. The number of β-amino-alcohol motifs (C(OH)–C–C–N with tert-alkyl or cyclic N) is 1. The maximum atomic E-state index is 9.21. The van der Waals surface area contributed by atoms with Crippen LogP contribution in [0.25, 0.3) is 0 Å². The molecule has 1 heterocycles. The van der Waals surface area contributed by atoms with Gasteiger partial charge in [-0.2, -0.15) is 0 Å². The molecule has 16 heavy (non-hydrogen) atoms. The summed E-state index contributed by atoms with van der Waals surface area (Å²) >= 11 is 0. The third-order valence-corrected chi connectivity index (χ3v) is 2.82. The van der Waals surface area contributed by atoms with Gasteiger partial charge in [0.25, 0.3) is 7.48 Å². The molecule has 0 amide bonds. The van der Waals surface area contributed by atoms with E-state index in [0.29, 0.717) is 7.48 Å². The smallest absolute Gasteiger partial charge is 0.281 e. The highest BCUT2D eigenvalue weighted by Crippen LogP contribution is 2.21. The first-order valence-electron chi connectivity index (χ1n) is 5.59.